The number of hydrogen-bond acceptors (Lipinski definition) is 7. The topological polar surface area (TPSA) is 107 Å². The van der Waals surface area contributed by atoms with Gasteiger partial charge in [0.25, 0.3) is 5.91 Å². The highest BCUT2D eigenvalue weighted by Gasteiger charge is 2.26. The lowest BCUT2D eigenvalue weighted by Crippen LogP contribution is -2.38. The first-order valence-corrected chi connectivity index (χ1v) is 8.10. The molecule has 0 aromatic carbocycles. The lowest BCUT2D eigenvalue weighted by atomic mass is 10.1. The number of thiazole rings is 1. The summed E-state index contributed by atoms with van der Waals surface area (Å²) >= 11 is 1.35. The third-order valence-corrected chi connectivity index (χ3v) is 5.03. The van der Waals surface area contributed by atoms with Crippen LogP contribution in [0.2, 0.25) is 0 Å². The summed E-state index contributed by atoms with van der Waals surface area (Å²) in [5.74, 6) is 0.173. The van der Waals surface area contributed by atoms with Gasteiger partial charge in [-0.3, -0.25) is 4.79 Å². The molecule has 1 aromatic rings. The summed E-state index contributed by atoms with van der Waals surface area (Å²) in [7, 11) is 0. The summed E-state index contributed by atoms with van der Waals surface area (Å²) in [6.45, 7) is 3.03. The second-order valence-electron chi connectivity index (χ2n) is 5.57. The van der Waals surface area contributed by atoms with Crippen LogP contribution in [0, 0.1) is 0 Å². The number of nitrogens with two attached hydrogens (primary N) is 2. The number of nitrogens with zero attached hydrogens (tertiary/aromatic N) is 2. The van der Waals surface area contributed by atoms with Gasteiger partial charge in [-0.15, -0.1) is 0 Å². The van der Waals surface area contributed by atoms with Gasteiger partial charge in [-0.1, -0.05) is 11.3 Å². The Labute approximate surface area is 127 Å². The molecule has 0 saturated carbocycles. The van der Waals surface area contributed by atoms with E-state index >= 15 is 0 Å². The molecule has 3 rings (SSSR count). The van der Waals surface area contributed by atoms with Crippen LogP contribution in [0.4, 0.5) is 10.9 Å². The van der Waals surface area contributed by atoms with E-state index in [0.29, 0.717) is 23.9 Å². The molecule has 0 bridgehead atoms. The van der Waals surface area contributed by atoms with Crippen LogP contribution >= 0.6 is 11.3 Å². The molecule has 0 radical (unpaired) electrons. The monoisotopic (exact) mass is 311 g/mol. The number of hydrogen-bond donors (Lipinski definition) is 3. The van der Waals surface area contributed by atoms with E-state index in [1.165, 1.54) is 11.3 Å². The van der Waals surface area contributed by atoms with E-state index in [4.69, 9.17) is 16.2 Å². The fourth-order valence-electron chi connectivity index (χ4n) is 2.67. The molecule has 5 N–H and O–H groups in total. The van der Waals surface area contributed by atoms with Crippen molar-refractivity contribution in [2.75, 3.05) is 36.9 Å². The van der Waals surface area contributed by atoms with Crippen molar-refractivity contribution in [3.63, 3.8) is 0 Å². The van der Waals surface area contributed by atoms with Gasteiger partial charge in [-0.25, -0.2) is 4.98 Å². The molecule has 7 nitrogen and oxygen atoms in total. The molecule has 1 aromatic heterocycles. The van der Waals surface area contributed by atoms with Gasteiger partial charge in [-0.05, 0) is 19.3 Å². The summed E-state index contributed by atoms with van der Waals surface area (Å²) in [6.07, 6.45) is 2.64. The molecule has 1 unspecified atom stereocenters. The number of nitrogen functional groups attached to an aromatic ring is 1. The van der Waals surface area contributed by atoms with Gasteiger partial charge in [-0.2, -0.15) is 0 Å². The summed E-state index contributed by atoms with van der Waals surface area (Å²) in [5, 5.41) is 3.81. The van der Waals surface area contributed by atoms with Crippen molar-refractivity contribution in [2.24, 2.45) is 5.73 Å². The zero-order chi connectivity index (χ0) is 14.8. The van der Waals surface area contributed by atoms with E-state index in [1.54, 1.807) is 0 Å². The van der Waals surface area contributed by atoms with Crippen molar-refractivity contribution in [2.45, 2.75) is 31.3 Å². The zero-order valence-corrected chi connectivity index (χ0v) is 12.7. The minimum absolute atomic E-state index is 0.133. The lowest BCUT2D eigenvalue weighted by molar-refractivity contribution is 0.0698. The molecule has 3 heterocycles. The van der Waals surface area contributed by atoms with Crippen LogP contribution in [0.15, 0.2) is 0 Å². The van der Waals surface area contributed by atoms with Crippen LogP contribution in [0.1, 0.15) is 28.9 Å². The van der Waals surface area contributed by atoms with Gasteiger partial charge >= 0.3 is 0 Å². The number of rotatable bonds is 3. The van der Waals surface area contributed by atoms with Crippen molar-refractivity contribution in [1.29, 1.82) is 0 Å². The third kappa shape index (κ3) is 3.28. The highest BCUT2D eigenvalue weighted by atomic mass is 32.1. The average molecular weight is 311 g/mol. The second kappa shape index (κ2) is 6.17. The Morgan fingerprint density at radius 3 is 2.81 bits per heavy atom. The quantitative estimate of drug-likeness (QED) is 0.735. The van der Waals surface area contributed by atoms with Crippen molar-refractivity contribution in [1.82, 2.24) is 10.3 Å². The standard InChI is InChI=1S/C13H21N5O2S/c14-8-1-4-18(7-8)13-17-11(15)10(21-13)12(19)16-9-2-5-20-6-3-9/h8-9H,1-7,14-15H2,(H,16,19). The Bertz CT molecular complexity index is 515. The fraction of sp³-hybridized carbons (Fsp3) is 0.692. The number of amides is 1. The minimum Gasteiger partial charge on any atom is -0.382 e. The number of ether oxygens (including phenoxy) is 1. The third-order valence-electron chi connectivity index (χ3n) is 3.90. The van der Waals surface area contributed by atoms with Crippen molar-refractivity contribution in [3.05, 3.63) is 4.88 Å². The Balaban J connectivity index is 1.67. The number of aromatic nitrogens is 1. The molecule has 2 aliphatic rings. The first-order valence-electron chi connectivity index (χ1n) is 7.29. The van der Waals surface area contributed by atoms with E-state index in [1.807, 2.05) is 0 Å². The first-order chi connectivity index (χ1) is 10.1. The normalized spacial score (nSPS) is 23.5. The van der Waals surface area contributed by atoms with E-state index in [0.717, 1.165) is 37.5 Å². The maximum atomic E-state index is 12.3. The summed E-state index contributed by atoms with van der Waals surface area (Å²) < 4.78 is 5.29. The number of carbonyl (C=O) groups is 1. The molecule has 2 saturated heterocycles. The molecule has 2 aliphatic heterocycles. The fourth-order valence-corrected chi connectivity index (χ4v) is 3.60. The molecular weight excluding hydrogens is 290 g/mol. The largest absolute Gasteiger partial charge is 0.382 e. The van der Waals surface area contributed by atoms with Crippen LogP contribution in [-0.4, -0.2) is 49.3 Å². The molecule has 0 spiro atoms. The molecule has 0 aliphatic carbocycles. The maximum absolute atomic E-state index is 12.3. The Hall–Kier alpha value is -1.38. The van der Waals surface area contributed by atoms with Crippen LogP contribution < -0.4 is 21.7 Å². The van der Waals surface area contributed by atoms with Crippen molar-refractivity contribution >= 4 is 28.2 Å². The summed E-state index contributed by atoms with van der Waals surface area (Å²) in [4.78, 5) is 19.2. The van der Waals surface area contributed by atoms with E-state index in [-0.39, 0.29) is 18.0 Å². The van der Waals surface area contributed by atoms with Crippen molar-refractivity contribution in [3.8, 4) is 0 Å². The molecule has 1 atom stereocenters. The SMILES string of the molecule is Nc1nc(N2CCC(N)C2)sc1C(=O)NC1CCOCC1. The van der Waals surface area contributed by atoms with Gasteiger partial charge in [0.2, 0.25) is 0 Å². The lowest BCUT2D eigenvalue weighted by Gasteiger charge is -2.22. The Kier molecular flexibility index (Phi) is 4.27. The van der Waals surface area contributed by atoms with Gasteiger partial charge in [0.05, 0.1) is 0 Å². The first kappa shape index (κ1) is 14.6. The van der Waals surface area contributed by atoms with Crippen LogP contribution in [0.5, 0.6) is 0 Å². The molecular formula is C13H21N5O2S. The molecule has 8 heteroatoms. The second-order valence-corrected chi connectivity index (χ2v) is 6.54. The predicted molar refractivity (Wildman–Crippen MR) is 82.6 cm³/mol. The van der Waals surface area contributed by atoms with E-state index < -0.39 is 0 Å². The predicted octanol–water partition coefficient (Wildman–Crippen LogP) is 0.172. The van der Waals surface area contributed by atoms with Gasteiger partial charge in [0.1, 0.15) is 10.7 Å². The van der Waals surface area contributed by atoms with Crippen LogP contribution in [0.3, 0.4) is 0 Å². The van der Waals surface area contributed by atoms with Gasteiger partial charge in [0, 0.05) is 38.4 Å². The highest BCUT2D eigenvalue weighted by Crippen LogP contribution is 2.30. The van der Waals surface area contributed by atoms with Gasteiger partial charge < -0.3 is 26.4 Å². The number of carbonyl (C=O) groups excluding carboxylic acids is 1. The maximum Gasteiger partial charge on any atom is 0.265 e. The molecule has 21 heavy (non-hydrogen) atoms. The summed E-state index contributed by atoms with van der Waals surface area (Å²) in [5.41, 5.74) is 11.8. The van der Waals surface area contributed by atoms with Crippen LogP contribution in [0.25, 0.3) is 0 Å². The molecule has 1 amide bonds. The van der Waals surface area contributed by atoms with E-state index in [9.17, 15) is 4.79 Å². The van der Waals surface area contributed by atoms with Crippen LogP contribution in [-0.2, 0) is 4.74 Å². The zero-order valence-electron chi connectivity index (χ0n) is 11.9. The Morgan fingerprint density at radius 1 is 1.38 bits per heavy atom. The highest BCUT2D eigenvalue weighted by molar-refractivity contribution is 7.18. The Morgan fingerprint density at radius 2 is 2.14 bits per heavy atom. The van der Waals surface area contributed by atoms with Crippen molar-refractivity contribution < 1.29 is 9.53 Å². The molecule has 116 valence electrons. The number of anilines is 2. The van der Waals surface area contributed by atoms with Gasteiger partial charge in [0.15, 0.2) is 5.13 Å². The minimum atomic E-state index is -0.133. The number of nitrogens with one attached hydrogen (secondary N) is 1. The molecule has 2 fully saturated rings. The summed E-state index contributed by atoms with van der Waals surface area (Å²) in [6, 6.07) is 0.339. The average Bonchev–Trinajstić information content (AvgIpc) is 3.06. The smallest absolute Gasteiger partial charge is 0.265 e. The van der Waals surface area contributed by atoms with E-state index in [2.05, 4.69) is 15.2 Å².